The van der Waals surface area contributed by atoms with E-state index in [-0.39, 0.29) is 0 Å². The van der Waals surface area contributed by atoms with Gasteiger partial charge in [-0.25, -0.2) is 10.2 Å². The normalized spacial score (nSPS) is 10.8. The number of rotatable bonds is 6. The quantitative estimate of drug-likeness (QED) is 0.340. The van der Waals surface area contributed by atoms with E-state index in [0.717, 1.165) is 38.0 Å². The molecule has 0 aliphatic heterocycles. The van der Waals surface area contributed by atoms with Gasteiger partial charge in [-0.15, -0.1) is 0 Å². The van der Waals surface area contributed by atoms with E-state index in [1.54, 1.807) is 6.21 Å². The van der Waals surface area contributed by atoms with Crippen LogP contribution in [0.1, 0.15) is 27.8 Å². The van der Waals surface area contributed by atoms with Crippen molar-refractivity contribution in [1.82, 2.24) is 5.43 Å². The van der Waals surface area contributed by atoms with Gasteiger partial charge in [-0.3, -0.25) is 0 Å². The number of ether oxygens (including phenoxy) is 1. The summed E-state index contributed by atoms with van der Waals surface area (Å²) in [6.07, 6.45) is 1.62. The lowest BCUT2D eigenvalue weighted by Crippen LogP contribution is -2.24. The minimum atomic E-state index is -0.391. The summed E-state index contributed by atoms with van der Waals surface area (Å²) in [6.45, 7) is 6.50. The summed E-state index contributed by atoms with van der Waals surface area (Å²) in [4.78, 5) is 12.0. The van der Waals surface area contributed by atoms with E-state index in [1.807, 2.05) is 81.4 Å². The number of carbonyl (C=O) groups excluding carboxylic acids is 1. The Morgan fingerprint density at radius 1 is 1.00 bits per heavy atom. The second-order valence-corrected chi connectivity index (χ2v) is 8.00. The minimum Gasteiger partial charge on any atom is -0.488 e. The van der Waals surface area contributed by atoms with E-state index < -0.39 is 6.03 Å². The van der Waals surface area contributed by atoms with Crippen molar-refractivity contribution in [3.63, 3.8) is 0 Å². The van der Waals surface area contributed by atoms with Gasteiger partial charge in [0, 0.05) is 10.2 Å². The van der Waals surface area contributed by atoms with Crippen molar-refractivity contribution in [2.24, 2.45) is 5.10 Å². The number of anilines is 1. The van der Waals surface area contributed by atoms with E-state index >= 15 is 0 Å². The molecule has 0 aromatic heterocycles. The van der Waals surface area contributed by atoms with Crippen molar-refractivity contribution >= 4 is 33.9 Å². The predicted octanol–water partition coefficient (Wildman–Crippen LogP) is 6.11. The fourth-order valence-corrected chi connectivity index (χ4v) is 3.25. The molecule has 3 aromatic carbocycles. The molecule has 0 unspecified atom stereocenters. The number of aryl methyl sites for hydroxylation is 3. The molecule has 3 rings (SSSR count). The van der Waals surface area contributed by atoms with Gasteiger partial charge in [0.05, 0.1) is 6.21 Å². The highest BCUT2D eigenvalue weighted by molar-refractivity contribution is 9.10. The Morgan fingerprint density at radius 3 is 2.27 bits per heavy atom. The molecule has 0 atom stereocenters. The highest BCUT2D eigenvalue weighted by Crippen LogP contribution is 2.25. The van der Waals surface area contributed by atoms with Crippen molar-refractivity contribution in [2.45, 2.75) is 27.4 Å². The Balaban J connectivity index is 1.57. The van der Waals surface area contributed by atoms with Crippen LogP contribution in [0.2, 0.25) is 0 Å². The Kier molecular flexibility index (Phi) is 7.25. The van der Waals surface area contributed by atoms with Gasteiger partial charge in [0.2, 0.25) is 0 Å². The van der Waals surface area contributed by atoms with Crippen molar-refractivity contribution in [3.05, 3.63) is 93.0 Å². The summed E-state index contributed by atoms with van der Waals surface area (Å²) >= 11 is 3.44. The van der Waals surface area contributed by atoms with Crippen molar-refractivity contribution < 1.29 is 9.53 Å². The number of nitrogens with one attached hydrogen (secondary N) is 2. The van der Waals surface area contributed by atoms with Crippen LogP contribution in [0.3, 0.4) is 0 Å². The molecule has 6 heteroatoms. The van der Waals surface area contributed by atoms with Crippen LogP contribution in [0.15, 0.2) is 70.2 Å². The second kappa shape index (κ2) is 10.1. The Labute approximate surface area is 185 Å². The summed E-state index contributed by atoms with van der Waals surface area (Å²) in [5.41, 5.74) is 8.34. The summed E-state index contributed by atoms with van der Waals surface area (Å²) in [5.74, 6) is 0.861. The van der Waals surface area contributed by atoms with Crippen LogP contribution in [-0.2, 0) is 6.61 Å². The lowest BCUT2D eigenvalue weighted by molar-refractivity contribution is 0.252. The van der Waals surface area contributed by atoms with Gasteiger partial charge in [0.25, 0.3) is 0 Å². The first-order valence-electron chi connectivity index (χ1n) is 9.56. The molecule has 3 aromatic rings. The van der Waals surface area contributed by atoms with Gasteiger partial charge in [-0.1, -0.05) is 45.8 Å². The molecule has 2 amide bonds. The number of hydrogen-bond acceptors (Lipinski definition) is 3. The van der Waals surface area contributed by atoms with Crippen LogP contribution in [0, 0.1) is 20.8 Å². The smallest absolute Gasteiger partial charge is 0.339 e. The second-order valence-electron chi connectivity index (χ2n) is 7.09. The molecule has 0 radical (unpaired) electrons. The number of hydrogen-bond donors (Lipinski definition) is 2. The lowest BCUT2D eigenvalue weighted by atomic mass is 10.1. The predicted molar refractivity (Wildman–Crippen MR) is 125 cm³/mol. The van der Waals surface area contributed by atoms with Crippen LogP contribution < -0.4 is 15.5 Å². The fraction of sp³-hybridized carbons (Fsp3) is 0.167. The van der Waals surface area contributed by atoms with E-state index in [9.17, 15) is 4.79 Å². The molecule has 30 heavy (non-hydrogen) atoms. The van der Waals surface area contributed by atoms with Crippen molar-refractivity contribution in [2.75, 3.05) is 5.32 Å². The zero-order valence-corrected chi connectivity index (χ0v) is 18.8. The molecule has 0 bridgehead atoms. The summed E-state index contributed by atoms with van der Waals surface area (Å²) in [7, 11) is 0. The number of urea groups is 1. The third-order valence-corrected chi connectivity index (χ3v) is 5.00. The first-order valence-corrected chi connectivity index (χ1v) is 10.4. The summed E-state index contributed by atoms with van der Waals surface area (Å²) in [5, 5.41) is 6.77. The molecular formula is C24H24BrN3O2. The molecule has 0 aliphatic carbocycles. The number of carbonyl (C=O) groups is 1. The average Bonchev–Trinajstić information content (AvgIpc) is 2.70. The highest BCUT2D eigenvalue weighted by Gasteiger charge is 2.07. The average molecular weight is 466 g/mol. The minimum absolute atomic E-state index is 0.391. The zero-order valence-electron chi connectivity index (χ0n) is 17.2. The first kappa shape index (κ1) is 21.6. The third-order valence-electron chi connectivity index (χ3n) is 4.47. The van der Waals surface area contributed by atoms with Crippen molar-refractivity contribution in [1.29, 1.82) is 0 Å². The summed E-state index contributed by atoms with van der Waals surface area (Å²) in [6, 6.07) is 19.2. The molecular weight excluding hydrogens is 442 g/mol. The van der Waals surface area contributed by atoms with E-state index in [4.69, 9.17) is 4.74 Å². The molecule has 0 aliphatic rings. The Hall–Kier alpha value is -3.12. The molecule has 2 N–H and O–H groups in total. The lowest BCUT2D eigenvalue weighted by Gasteiger charge is -2.13. The highest BCUT2D eigenvalue weighted by atomic mass is 79.9. The summed E-state index contributed by atoms with van der Waals surface area (Å²) < 4.78 is 7.07. The molecule has 0 spiro atoms. The van der Waals surface area contributed by atoms with Gasteiger partial charge < -0.3 is 10.1 Å². The van der Waals surface area contributed by atoms with E-state index in [0.29, 0.717) is 12.3 Å². The number of hydrazone groups is 1. The Morgan fingerprint density at radius 2 is 1.63 bits per heavy atom. The van der Waals surface area contributed by atoms with Gasteiger partial charge in [-0.05, 0) is 79.4 Å². The third kappa shape index (κ3) is 6.19. The monoisotopic (exact) mass is 465 g/mol. The maximum atomic E-state index is 12.0. The van der Waals surface area contributed by atoms with E-state index in [2.05, 4.69) is 31.8 Å². The van der Waals surface area contributed by atoms with Gasteiger partial charge in [0.15, 0.2) is 0 Å². The molecule has 5 nitrogen and oxygen atoms in total. The van der Waals surface area contributed by atoms with Crippen LogP contribution >= 0.6 is 15.9 Å². The molecule has 0 saturated carbocycles. The SMILES string of the molecule is Cc1ccc(NC(=O)N/N=C\c2cc(C)c(OCc3ccc(Br)cc3)c(C)c2)cc1. The Bertz CT molecular complexity index is 1020. The first-order chi connectivity index (χ1) is 14.4. The molecule has 0 saturated heterocycles. The molecule has 154 valence electrons. The van der Waals surface area contributed by atoms with Crippen LogP contribution in [0.5, 0.6) is 5.75 Å². The number of amides is 2. The van der Waals surface area contributed by atoms with Crippen molar-refractivity contribution in [3.8, 4) is 5.75 Å². The van der Waals surface area contributed by atoms with Gasteiger partial charge >= 0.3 is 6.03 Å². The number of benzene rings is 3. The maximum absolute atomic E-state index is 12.0. The van der Waals surface area contributed by atoms with E-state index in [1.165, 1.54) is 0 Å². The number of halogens is 1. The van der Waals surface area contributed by atoms with Gasteiger partial charge in [-0.2, -0.15) is 5.10 Å². The number of nitrogens with zero attached hydrogens (tertiary/aromatic N) is 1. The topological polar surface area (TPSA) is 62.7 Å². The van der Waals surface area contributed by atoms with Crippen LogP contribution in [-0.4, -0.2) is 12.2 Å². The fourth-order valence-electron chi connectivity index (χ4n) is 2.98. The van der Waals surface area contributed by atoms with Gasteiger partial charge in [0.1, 0.15) is 12.4 Å². The maximum Gasteiger partial charge on any atom is 0.339 e. The van der Waals surface area contributed by atoms with Crippen LogP contribution in [0.4, 0.5) is 10.5 Å². The largest absolute Gasteiger partial charge is 0.488 e. The molecule has 0 heterocycles. The standard InChI is InChI=1S/C24H24BrN3O2/c1-16-4-10-22(11-5-16)27-24(29)28-26-14-20-12-17(2)23(18(3)13-20)30-15-19-6-8-21(25)9-7-19/h4-14H,15H2,1-3H3,(H2,27,28,29)/b26-14-. The zero-order chi connectivity index (χ0) is 21.5. The molecule has 0 fully saturated rings. The van der Waals surface area contributed by atoms with Crippen LogP contribution in [0.25, 0.3) is 0 Å².